The molecule has 1 rings (SSSR count). The van der Waals surface area contributed by atoms with Gasteiger partial charge in [-0.2, -0.15) is 5.11 Å². The van der Waals surface area contributed by atoms with Crippen LogP contribution < -0.4 is 4.90 Å². The number of likely N-dealkylation sites (N-methyl/N-ethyl adjacent to an activating group) is 1. The maximum absolute atomic E-state index is 10.9. The first-order chi connectivity index (χ1) is 9.12. The van der Waals surface area contributed by atoms with Gasteiger partial charge in [0.1, 0.15) is 12.3 Å². The molecule has 0 aliphatic heterocycles. The Hall–Kier alpha value is -1.88. The van der Waals surface area contributed by atoms with Crippen LogP contribution in [0.3, 0.4) is 0 Å². The first-order valence-corrected chi connectivity index (χ1v) is 6.21. The van der Waals surface area contributed by atoms with Crippen molar-refractivity contribution < 1.29 is 9.53 Å². The van der Waals surface area contributed by atoms with Gasteiger partial charge in [0, 0.05) is 18.3 Å². The molecule has 0 saturated heterocycles. The van der Waals surface area contributed by atoms with E-state index in [0.29, 0.717) is 17.3 Å². The Labute approximate surface area is 117 Å². The van der Waals surface area contributed by atoms with Gasteiger partial charge in [0.05, 0.1) is 11.6 Å². The minimum atomic E-state index is -0.433. The molecule has 0 spiro atoms. The molecule has 102 valence electrons. The smallest absolute Gasteiger partial charge is 0.330 e. The highest BCUT2D eigenvalue weighted by molar-refractivity contribution is 6.33. The molecule has 0 aromatic heterocycles. The molecular formula is C13H16ClN3O2. The van der Waals surface area contributed by atoms with Crippen LogP contribution in [0.15, 0.2) is 36.0 Å². The van der Waals surface area contributed by atoms with E-state index in [-0.39, 0.29) is 6.61 Å². The van der Waals surface area contributed by atoms with Crippen LogP contribution in [0.2, 0.25) is 5.02 Å². The Balaban J connectivity index is 2.69. The fourth-order valence-electron chi connectivity index (χ4n) is 1.57. The standard InChI is InChI=1S/C13H16ClN3O2/c1-3-13(18)19-8-7-17(4-2)10-5-6-12(16-15)11(14)9-10/h3,5-6,9,15H,1,4,7-8H2,2H3. The summed E-state index contributed by atoms with van der Waals surface area (Å²) in [5.74, 6) is -0.433. The summed E-state index contributed by atoms with van der Waals surface area (Å²) in [6.07, 6.45) is 1.14. The van der Waals surface area contributed by atoms with Gasteiger partial charge in [0.25, 0.3) is 0 Å². The second-order valence-electron chi connectivity index (χ2n) is 3.70. The lowest BCUT2D eigenvalue weighted by Gasteiger charge is -2.23. The number of anilines is 1. The molecule has 0 aliphatic carbocycles. The largest absolute Gasteiger partial charge is 0.461 e. The molecule has 1 aromatic carbocycles. The molecule has 1 aromatic rings. The summed E-state index contributed by atoms with van der Waals surface area (Å²) in [5.41, 5.74) is 8.27. The Kier molecular flexibility index (Phi) is 6.02. The van der Waals surface area contributed by atoms with Crippen molar-refractivity contribution in [2.45, 2.75) is 6.92 Å². The number of hydrogen-bond acceptors (Lipinski definition) is 5. The van der Waals surface area contributed by atoms with Gasteiger partial charge in [-0.25, -0.2) is 10.3 Å². The van der Waals surface area contributed by atoms with E-state index in [0.717, 1.165) is 18.3 Å². The van der Waals surface area contributed by atoms with Gasteiger partial charge in [0.2, 0.25) is 0 Å². The molecule has 0 amide bonds. The summed E-state index contributed by atoms with van der Waals surface area (Å²) in [6.45, 7) is 6.91. The molecule has 0 aliphatic rings. The monoisotopic (exact) mass is 281 g/mol. The molecule has 19 heavy (non-hydrogen) atoms. The maximum Gasteiger partial charge on any atom is 0.330 e. The third kappa shape index (κ3) is 4.37. The number of nitrogens with zero attached hydrogens (tertiary/aromatic N) is 2. The van der Waals surface area contributed by atoms with Crippen molar-refractivity contribution in [3.8, 4) is 0 Å². The van der Waals surface area contributed by atoms with Crippen molar-refractivity contribution in [1.29, 1.82) is 5.53 Å². The molecular weight excluding hydrogens is 266 g/mol. The number of rotatable bonds is 7. The minimum absolute atomic E-state index is 0.279. The topological polar surface area (TPSA) is 65.8 Å². The van der Waals surface area contributed by atoms with E-state index >= 15 is 0 Å². The van der Waals surface area contributed by atoms with E-state index in [9.17, 15) is 4.79 Å². The maximum atomic E-state index is 10.9. The summed E-state index contributed by atoms with van der Waals surface area (Å²) in [4.78, 5) is 13.0. The number of carbonyl (C=O) groups is 1. The average molecular weight is 282 g/mol. The summed E-state index contributed by atoms with van der Waals surface area (Å²) in [6, 6.07) is 5.26. The van der Waals surface area contributed by atoms with Crippen molar-refractivity contribution in [2.75, 3.05) is 24.6 Å². The number of esters is 1. The molecule has 0 bridgehead atoms. The first-order valence-electron chi connectivity index (χ1n) is 5.83. The summed E-state index contributed by atoms with van der Waals surface area (Å²) in [7, 11) is 0. The third-order valence-electron chi connectivity index (χ3n) is 2.57. The van der Waals surface area contributed by atoms with Gasteiger partial charge < -0.3 is 9.64 Å². The molecule has 5 nitrogen and oxygen atoms in total. The van der Waals surface area contributed by atoms with E-state index in [4.69, 9.17) is 21.9 Å². The number of nitrogens with one attached hydrogen (secondary N) is 1. The number of carbonyl (C=O) groups excluding carboxylic acids is 1. The Morgan fingerprint density at radius 2 is 2.37 bits per heavy atom. The lowest BCUT2D eigenvalue weighted by molar-refractivity contribution is -0.137. The zero-order valence-corrected chi connectivity index (χ0v) is 11.5. The summed E-state index contributed by atoms with van der Waals surface area (Å²) >= 11 is 6.00. The predicted molar refractivity (Wildman–Crippen MR) is 75.3 cm³/mol. The van der Waals surface area contributed by atoms with E-state index in [2.05, 4.69) is 11.7 Å². The highest BCUT2D eigenvalue weighted by Gasteiger charge is 2.08. The number of benzene rings is 1. The third-order valence-corrected chi connectivity index (χ3v) is 2.87. The summed E-state index contributed by atoms with van der Waals surface area (Å²) in [5, 5.41) is 3.74. The Morgan fingerprint density at radius 1 is 1.63 bits per heavy atom. The molecule has 6 heteroatoms. The highest BCUT2D eigenvalue weighted by atomic mass is 35.5. The van der Waals surface area contributed by atoms with Crippen LogP contribution in [0, 0.1) is 5.53 Å². The first kappa shape index (κ1) is 15.2. The molecule has 0 unspecified atom stereocenters. The molecule has 0 fully saturated rings. The number of ether oxygens (including phenoxy) is 1. The lowest BCUT2D eigenvalue weighted by atomic mass is 10.2. The van der Waals surface area contributed by atoms with Crippen LogP contribution in [-0.2, 0) is 9.53 Å². The Morgan fingerprint density at radius 3 is 2.89 bits per heavy atom. The second kappa shape index (κ2) is 7.53. The fourth-order valence-corrected chi connectivity index (χ4v) is 1.79. The minimum Gasteiger partial charge on any atom is -0.461 e. The van der Waals surface area contributed by atoms with E-state index in [1.807, 2.05) is 17.9 Å². The SMILES string of the molecule is C=CC(=O)OCCN(CC)c1ccc(N=N)c(Cl)c1. The molecule has 0 saturated carbocycles. The van der Waals surface area contributed by atoms with Gasteiger partial charge in [-0.05, 0) is 25.1 Å². The van der Waals surface area contributed by atoms with Gasteiger partial charge >= 0.3 is 5.97 Å². The van der Waals surface area contributed by atoms with Crippen LogP contribution in [0.5, 0.6) is 0 Å². The second-order valence-corrected chi connectivity index (χ2v) is 4.11. The average Bonchev–Trinajstić information content (AvgIpc) is 2.43. The molecule has 0 radical (unpaired) electrons. The van der Waals surface area contributed by atoms with Crippen molar-refractivity contribution in [1.82, 2.24) is 0 Å². The fraction of sp³-hybridized carbons (Fsp3) is 0.308. The van der Waals surface area contributed by atoms with Crippen molar-refractivity contribution in [3.63, 3.8) is 0 Å². The highest BCUT2D eigenvalue weighted by Crippen LogP contribution is 2.29. The van der Waals surface area contributed by atoms with Crippen LogP contribution in [-0.4, -0.2) is 25.7 Å². The normalized spacial score (nSPS) is 9.79. The van der Waals surface area contributed by atoms with Crippen molar-refractivity contribution >= 4 is 28.9 Å². The zero-order valence-electron chi connectivity index (χ0n) is 10.7. The Bertz CT molecular complexity index is 477. The van der Waals surface area contributed by atoms with Crippen molar-refractivity contribution in [2.24, 2.45) is 5.11 Å². The van der Waals surface area contributed by atoms with Crippen LogP contribution in [0.25, 0.3) is 0 Å². The van der Waals surface area contributed by atoms with Crippen LogP contribution >= 0.6 is 11.6 Å². The van der Waals surface area contributed by atoms with E-state index < -0.39 is 5.97 Å². The van der Waals surface area contributed by atoms with Crippen LogP contribution in [0.4, 0.5) is 11.4 Å². The van der Waals surface area contributed by atoms with E-state index in [1.165, 1.54) is 0 Å². The molecule has 0 atom stereocenters. The van der Waals surface area contributed by atoms with Gasteiger partial charge in [-0.1, -0.05) is 18.2 Å². The number of halogens is 1. The lowest BCUT2D eigenvalue weighted by Crippen LogP contribution is -2.27. The van der Waals surface area contributed by atoms with Gasteiger partial charge in [-0.3, -0.25) is 0 Å². The predicted octanol–water partition coefficient (Wildman–Crippen LogP) is 3.56. The number of hydrogen-bond donors (Lipinski definition) is 1. The molecule has 0 heterocycles. The summed E-state index contributed by atoms with van der Waals surface area (Å²) < 4.78 is 4.94. The van der Waals surface area contributed by atoms with E-state index in [1.54, 1.807) is 12.1 Å². The van der Waals surface area contributed by atoms with Crippen LogP contribution in [0.1, 0.15) is 6.92 Å². The zero-order chi connectivity index (χ0) is 14.3. The molecule has 1 N–H and O–H groups in total. The van der Waals surface area contributed by atoms with Gasteiger partial charge in [0.15, 0.2) is 0 Å². The van der Waals surface area contributed by atoms with Gasteiger partial charge in [-0.15, -0.1) is 0 Å². The quantitative estimate of drug-likeness (QED) is 0.472. The van der Waals surface area contributed by atoms with Crippen molar-refractivity contribution in [3.05, 3.63) is 35.9 Å².